The number of hydrogen-bond acceptors (Lipinski definition) is 3. The van der Waals surface area contributed by atoms with Crippen molar-refractivity contribution in [3.8, 4) is 0 Å². The Morgan fingerprint density at radius 2 is 2.19 bits per heavy atom. The van der Waals surface area contributed by atoms with Gasteiger partial charge in [-0.3, -0.25) is 0 Å². The van der Waals surface area contributed by atoms with Crippen LogP contribution in [-0.4, -0.2) is 43.2 Å². The van der Waals surface area contributed by atoms with E-state index in [1.54, 1.807) is 12.1 Å². The van der Waals surface area contributed by atoms with Gasteiger partial charge in [0.2, 0.25) is 0 Å². The molecule has 1 aromatic carbocycles. The molecule has 1 aliphatic rings. The van der Waals surface area contributed by atoms with Gasteiger partial charge in [0.1, 0.15) is 5.82 Å². The van der Waals surface area contributed by atoms with Crippen molar-refractivity contribution in [2.75, 3.05) is 20.1 Å². The number of nitrogens with two attached hydrogens (primary N) is 1. The summed E-state index contributed by atoms with van der Waals surface area (Å²) >= 11 is 0. The highest BCUT2D eigenvalue weighted by atomic mass is 32.2. The molecule has 1 aromatic rings. The van der Waals surface area contributed by atoms with Crippen molar-refractivity contribution in [3.05, 3.63) is 35.6 Å². The van der Waals surface area contributed by atoms with Crippen LogP contribution in [-0.2, 0) is 16.8 Å². The van der Waals surface area contributed by atoms with E-state index < -0.39 is 10.2 Å². The molecule has 0 aliphatic carbocycles. The lowest BCUT2D eigenvalue weighted by Gasteiger charge is -2.36. The number of rotatable bonds is 5. The summed E-state index contributed by atoms with van der Waals surface area (Å²) in [7, 11) is -2.05. The molecular weight excluding hydrogens is 293 g/mol. The van der Waals surface area contributed by atoms with Crippen LogP contribution in [0.15, 0.2) is 24.3 Å². The minimum atomic E-state index is -3.57. The molecule has 0 spiro atoms. The molecule has 0 amide bonds. The molecule has 0 bridgehead atoms. The summed E-state index contributed by atoms with van der Waals surface area (Å²) < 4.78 is 41.2. The molecule has 21 heavy (non-hydrogen) atoms. The van der Waals surface area contributed by atoms with Gasteiger partial charge in [0.25, 0.3) is 10.2 Å². The number of piperidine rings is 1. The maximum atomic E-state index is 13.2. The van der Waals surface area contributed by atoms with Gasteiger partial charge in [-0.25, -0.2) is 4.39 Å². The van der Waals surface area contributed by atoms with Gasteiger partial charge in [0.15, 0.2) is 0 Å². The normalized spacial score (nSPS) is 20.9. The van der Waals surface area contributed by atoms with E-state index in [2.05, 4.69) is 0 Å². The average Bonchev–Trinajstić information content (AvgIpc) is 2.47. The number of benzene rings is 1. The van der Waals surface area contributed by atoms with Crippen molar-refractivity contribution >= 4 is 10.2 Å². The highest BCUT2D eigenvalue weighted by molar-refractivity contribution is 7.86. The van der Waals surface area contributed by atoms with Gasteiger partial charge in [0, 0.05) is 32.7 Å². The third kappa shape index (κ3) is 3.79. The molecule has 2 rings (SSSR count). The Kier molecular flexibility index (Phi) is 5.32. The first kappa shape index (κ1) is 16.4. The second kappa shape index (κ2) is 6.83. The predicted molar refractivity (Wildman–Crippen MR) is 80.2 cm³/mol. The fourth-order valence-corrected chi connectivity index (χ4v) is 4.26. The Balaban J connectivity index is 2.14. The molecule has 2 N–H and O–H groups in total. The Morgan fingerprint density at radius 3 is 2.86 bits per heavy atom. The van der Waals surface area contributed by atoms with Crippen molar-refractivity contribution in [3.63, 3.8) is 0 Å². The lowest BCUT2D eigenvalue weighted by Crippen LogP contribution is -2.51. The van der Waals surface area contributed by atoms with Crippen LogP contribution in [0.25, 0.3) is 0 Å². The Bertz CT molecular complexity index is 579. The number of nitrogens with zero attached hydrogens (tertiary/aromatic N) is 2. The topological polar surface area (TPSA) is 66.6 Å². The van der Waals surface area contributed by atoms with E-state index in [-0.39, 0.29) is 18.4 Å². The van der Waals surface area contributed by atoms with Crippen molar-refractivity contribution in [2.45, 2.75) is 31.8 Å². The third-order valence-electron chi connectivity index (χ3n) is 3.83. The molecule has 1 fully saturated rings. The lowest BCUT2D eigenvalue weighted by molar-refractivity contribution is 0.240. The van der Waals surface area contributed by atoms with E-state index in [1.165, 1.54) is 27.8 Å². The minimum absolute atomic E-state index is 0.140. The molecule has 5 nitrogen and oxygen atoms in total. The van der Waals surface area contributed by atoms with Crippen LogP contribution in [0.4, 0.5) is 4.39 Å². The van der Waals surface area contributed by atoms with Crippen LogP contribution < -0.4 is 5.73 Å². The summed E-state index contributed by atoms with van der Waals surface area (Å²) in [6, 6.07) is 5.84. The van der Waals surface area contributed by atoms with E-state index >= 15 is 0 Å². The molecule has 0 saturated carbocycles. The fraction of sp³-hybridized carbons (Fsp3) is 0.571. The molecule has 1 saturated heterocycles. The SMILES string of the molecule is CN(Cc1cccc(F)c1)S(=O)(=O)N1CCCCC1CN. The molecule has 0 radical (unpaired) electrons. The first-order valence-electron chi connectivity index (χ1n) is 7.12. The Labute approximate surface area is 125 Å². The van der Waals surface area contributed by atoms with Gasteiger partial charge < -0.3 is 5.73 Å². The van der Waals surface area contributed by atoms with E-state index in [1.807, 2.05) is 0 Å². The Morgan fingerprint density at radius 1 is 1.43 bits per heavy atom. The second-order valence-corrected chi connectivity index (χ2v) is 7.38. The summed E-state index contributed by atoms with van der Waals surface area (Å²) in [5.41, 5.74) is 6.32. The van der Waals surface area contributed by atoms with Crippen molar-refractivity contribution in [1.82, 2.24) is 8.61 Å². The van der Waals surface area contributed by atoms with Crippen LogP contribution in [0.5, 0.6) is 0 Å². The maximum Gasteiger partial charge on any atom is 0.282 e. The van der Waals surface area contributed by atoms with Gasteiger partial charge in [-0.2, -0.15) is 17.0 Å². The molecule has 1 unspecified atom stereocenters. The molecule has 118 valence electrons. The van der Waals surface area contributed by atoms with Gasteiger partial charge >= 0.3 is 0 Å². The van der Waals surface area contributed by atoms with Crippen molar-refractivity contribution < 1.29 is 12.8 Å². The molecule has 7 heteroatoms. The fourth-order valence-electron chi connectivity index (χ4n) is 2.67. The largest absolute Gasteiger partial charge is 0.329 e. The van der Waals surface area contributed by atoms with Crippen molar-refractivity contribution in [2.24, 2.45) is 5.73 Å². The van der Waals surface area contributed by atoms with Gasteiger partial charge in [-0.1, -0.05) is 18.6 Å². The second-order valence-electron chi connectivity index (χ2n) is 5.39. The zero-order valence-corrected chi connectivity index (χ0v) is 13.0. The van der Waals surface area contributed by atoms with Crippen molar-refractivity contribution in [1.29, 1.82) is 0 Å². The third-order valence-corrected chi connectivity index (χ3v) is 5.82. The predicted octanol–water partition coefficient (Wildman–Crippen LogP) is 1.32. The van der Waals surface area contributed by atoms with Crippen LogP contribution in [0.2, 0.25) is 0 Å². The summed E-state index contributed by atoms with van der Waals surface area (Å²) in [4.78, 5) is 0. The van der Waals surface area contributed by atoms with E-state index in [9.17, 15) is 12.8 Å². The molecule has 0 aromatic heterocycles. The van der Waals surface area contributed by atoms with Gasteiger partial charge in [0.05, 0.1) is 0 Å². The maximum absolute atomic E-state index is 13.2. The highest BCUT2D eigenvalue weighted by Crippen LogP contribution is 2.22. The smallest absolute Gasteiger partial charge is 0.282 e. The summed E-state index contributed by atoms with van der Waals surface area (Å²) in [6.07, 6.45) is 2.65. The molecule has 1 heterocycles. The summed E-state index contributed by atoms with van der Waals surface area (Å²) in [5.74, 6) is -0.365. The Hall–Kier alpha value is -1.02. The number of hydrogen-bond donors (Lipinski definition) is 1. The van der Waals surface area contributed by atoms with Gasteiger partial charge in [-0.15, -0.1) is 0 Å². The minimum Gasteiger partial charge on any atom is -0.329 e. The van der Waals surface area contributed by atoms with Crippen LogP contribution in [0, 0.1) is 5.82 Å². The van der Waals surface area contributed by atoms with E-state index in [0.717, 1.165) is 19.3 Å². The quantitative estimate of drug-likeness (QED) is 0.891. The standard InChI is InChI=1S/C14H22FN3O2S/c1-17(11-12-5-4-6-13(15)9-12)21(19,20)18-8-3-2-7-14(18)10-16/h4-6,9,14H,2-3,7-8,10-11,16H2,1H3. The monoisotopic (exact) mass is 315 g/mol. The van der Waals surface area contributed by atoms with E-state index in [0.29, 0.717) is 18.7 Å². The summed E-state index contributed by atoms with van der Waals surface area (Å²) in [5, 5.41) is 0. The molecular formula is C14H22FN3O2S. The molecule has 1 aliphatic heterocycles. The molecule has 1 atom stereocenters. The lowest BCUT2D eigenvalue weighted by atomic mass is 10.1. The van der Waals surface area contributed by atoms with Crippen LogP contribution in [0.3, 0.4) is 0 Å². The summed E-state index contributed by atoms with van der Waals surface area (Å²) in [6.45, 7) is 0.971. The first-order chi connectivity index (χ1) is 9.95. The zero-order chi connectivity index (χ0) is 15.5. The average molecular weight is 315 g/mol. The highest BCUT2D eigenvalue weighted by Gasteiger charge is 2.34. The van der Waals surface area contributed by atoms with Crippen LogP contribution >= 0.6 is 0 Å². The van der Waals surface area contributed by atoms with Crippen LogP contribution in [0.1, 0.15) is 24.8 Å². The van der Waals surface area contributed by atoms with Gasteiger partial charge in [-0.05, 0) is 30.5 Å². The number of halogens is 1. The van der Waals surface area contributed by atoms with E-state index in [4.69, 9.17) is 5.73 Å². The first-order valence-corrected chi connectivity index (χ1v) is 8.52. The zero-order valence-electron chi connectivity index (χ0n) is 12.2.